The van der Waals surface area contributed by atoms with Crippen molar-refractivity contribution in [1.82, 2.24) is 0 Å². The van der Waals surface area contributed by atoms with Crippen molar-refractivity contribution in [1.29, 1.82) is 0 Å². The molecule has 0 saturated heterocycles. The van der Waals surface area contributed by atoms with E-state index in [1.165, 1.54) is 7.11 Å². The zero-order chi connectivity index (χ0) is 24.7. The summed E-state index contributed by atoms with van der Waals surface area (Å²) in [5, 5.41) is 17.1. The van der Waals surface area contributed by atoms with Crippen LogP contribution >= 0.6 is 0 Å². The summed E-state index contributed by atoms with van der Waals surface area (Å²) in [6, 6.07) is 19.4. The third-order valence-electron chi connectivity index (χ3n) is 6.65. The number of anilines is 2. The zero-order valence-electron chi connectivity index (χ0n) is 20.0. The van der Waals surface area contributed by atoms with Crippen molar-refractivity contribution in [3.05, 3.63) is 94.7 Å². The number of fused-ring (bicyclic) bond motifs is 1. The van der Waals surface area contributed by atoms with Crippen molar-refractivity contribution in [3.8, 4) is 11.5 Å². The number of rotatable bonds is 4. The molecule has 178 valence electrons. The van der Waals surface area contributed by atoms with Crippen molar-refractivity contribution < 1.29 is 19.4 Å². The molecule has 3 aromatic carbocycles. The summed E-state index contributed by atoms with van der Waals surface area (Å²) in [5.41, 5.74) is 4.85. The molecule has 6 nitrogen and oxygen atoms in total. The van der Waals surface area contributed by atoms with E-state index in [2.05, 4.69) is 24.5 Å². The maximum absolute atomic E-state index is 13.4. The van der Waals surface area contributed by atoms with Crippen LogP contribution in [0.15, 0.2) is 78.0 Å². The first-order chi connectivity index (χ1) is 16.8. The third-order valence-corrected chi connectivity index (χ3v) is 6.65. The van der Waals surface area contributed by atoms with E-state index in [0.29, 0.717) is 35.3 Å². The summed E-state index contributed by atoms with van der Waals surface area (Å²) in [4.78, 5) is 26.5. The Kier molecular flexibility index (Phi) is 5.59. The second-order valence-electron chi connectivity index (χ2n) is 9.92. The maximum Gasteiger partial charge on any atom is 0.193 e. The molecular formula is C29H28N2O4. The molecule has 0 bridgehead atoms. The highest BCUT2D eigenvalue weighted by atomic mass is 16.5. The molecule has 0 amide bonds. The van der Waals surface area contributed by atoms with E-state index in [1.54, 1.807) is 36.4 Å². The number of Topliss-reactive ketones (excluding diaryl/α,β-unsaturated/α-hetero) is 1. The van der Waals surface area contributed by atoms with Gasteiger partial charge >= 0.3 is 0 Å². The normalized spacial score (nSPS) is 18.5. The van der Waals surface area contributed by atoms with E-state index in [-0.39, 0.29) is 22.7 Å². The van der Waals surface area contributed by atoms with Crippen LogP contribution in [-0.2, 0) is 4.79 Å². The molecule has 35 heavy (non-hydrogen) atoms. The fourth-order valence-electron chi connectivity index (χ4n) is 4.97. The number of aromatic hydroxyl groups is 1. The number of methoxy groups -OCH3 is 1. The molecule has 0 unspecified atom stereocenters. The van der Waals surface area contributed by atoms with Crippen molar-refractivity contribution in [2.45, 2.75) is 32.7 Å². The Labute approximate surface area is 204 Å². The van der Waals surface area contributed by atoms with Gasteiger partial charge in [0.25, 0.3) is 0 Å². The highest BCUT2D eigenvalue weighted by Gasteiger charge is 2.39. The third kappa shape index (κ3) is 4.28. The van der Waals surface area contributed by atoms with Crippen molar-refractivity contribution in [2.75, 3.05) is 17.7 Å². The molecule has 3 aromatic rings. The largest absolute Gasteiger partial charge is 0.504 e. The molecule has 1 atom stereocenters. The van der Waals surface area contributed by atoms with E-state index >= 15 is 0 Å². The number of benzene rings is 3. The molecular weight excluding hydrogens is 440 g/mol. The van der Waals surface area contributed by atoms with Crippen LogP contribution in [0.2, 0.25) is 0 Å². The number of phenolic OH excluding ortho intramolecular Hbond substituents is 1. The van der Waals surface area contributed by atoms with Gasteiger partial charge in [0.1, 0.15) is 0 Å². The Morgan fingerprint density at radius 1 is 0.971 bits per heavy atom. The van der Waals surface area contributed by atoms with Crippen LogP contribution in [0.3, 0.4) is 0 Å². The SMILES string of the molecule is COc1cc([C@H]2Nc3ccc(C(=O)c4ccccc4)cc3NC3=C2C(=O)CC(C)(C)C3)ccc1O. The van der Waals surface area contributed by atoms with Crippen molar-refractivity contribution in [2.24, 2.45) is 5.41 Å². The van der Waals surface area contributed by atoms with E-state index < -0.39 is 6.04 Å². The second-order valence-corrected chi connectivity index (χ2v) is 9.92. The Bertz CT molecular complexity index is 1360. The number of phenols is 1. The van der Waals surface area contributed by atoms with E-state index in [1.807, 2.05) is 30.3 Å². The topological polar surface area (TPSA) is 87.7 Å². The standard InChI is InChI=1S/C29H28N2O4/c1-29(2)15-22-26(24(33)16-29)27(18-10-12-23(32)25(14-18)35-3)31-20-11-9-19(13-21(20)30-22)28(34)17-7-5-4-6-8-17/h4-14,27,30-32H,15-16H2,1-3H3/t27-/m1/s1. The fourth-order valence-corrected chi connectivity index (χ4v) is 4.97. The molecule has 1 aliphatic carbocycles. The van der Waals surface area contributed by atoms with Gasteiger partial charge in [0.05, 0.1) is 24.5 Å². The first-order valence-electron chi connectivity index (χ1n) is 11.7. The number of carbonyl (C=O) groups excluding carboxylic acids is 2. The van der Waals surface area contributed by atoms with Gasteiger partial charge in [0, 0.05) is 28.8 Å². The number of hydrogen-bond donors (Lipinski definition) is 3. The number of hydrogen-bond acceptors (Lipinski definition) is 6. The van der Waals surface area contributed by atoms with E-state index in [9.17, 15) is 14.7 Å². The molecule has 5 rings (SSSR count). The van der Waals surface area contributed by atoms with Crippen molar-refractivity contribution in [3.63, 3.8) is 0 Å². The number of carbonyl (C=O) groups is 2. The predicted octanol–water partition coefficient (Wildman–Crippen LogP) is 5.85. The Balaban J connectivity index is 1.62. The van der Waals surface area contributed by atoms with Crippen LogP contribution in [0, 0.1) is 5.41 Å². The Morgan fingerprint density at radius 3 is 2.49 bits per heavy atom. The predicted molar refractivity (Wildman–Crippen MR) is 136 cm³/mol. The van der Waals surface area contributed by atoms with E-state index in [4.69, 9.17) is 4.74 Å². The summed E-state index contributed by atoms with van der Waals surface area (Å²) < 4.78 is 5.33. The number of nitrogens with one attached hydrogen (secondary N) is 2. The quantitative estimate of drug-likeness (QED) is 0.416. The second kappa shape index (κ2) is 8.62. The first-order valence-corrected chi connectivity index (χ1v) is 11.7. The number of ketones is 2. The summed E-state index contributed by atoms with van der Waals surface area (Å²) >= 11 is 0. The first kappa shape index (κ1) is 22.7. The molecule has 0 spiro atoms. The van der Waals surface area contributed by atoms with Crippen LogP contribution in [0.1, 0.15) is 54.2 Å². The van der Waals surface area contributed by atoms with Gasteiger partial charge in [-0.05, 0) is 47.7 Å². The van der Waals surface area contributed by atoms with Gasteiger partial charge in [0.2, 0.25) is 0 Å². The fraction of sp³-hybridized carbons (Fsp3) is 0.241. The van der Waals surface area contributed by atoms with Gasteiger partial charge < -0.3 is 20.5 Å². The lowest BCUT2D eigenvalue weighted by Crippen LogP contribution is -2.31. The van der Waals surface area contributed by atoms with Crippen LogP contribution in [0.5, 0.6) is 11.5 Å². The lowest BCUT2D eigenvalue weighted by atomic mass is 9.73. The van der Waals surface area contributed by atoms with Crippen LogP contribution in [-0.4, -0.2) is 23.8 Å². The average molecular weight is 469 g/mol. The minimum atomic E-state index is -0.437. The molecule has 0 fully saturated rings. The van der Waals surface area contributed by atoms with Crippen molar-refractivity contribution >= 4 is 22.9 Å². The smallest absolute Gasteiger partial charge is 0.193 e. The van der Waals surface area contributed by atoms with Gasteiger partial charge in [-0.25, -0.2) is 0 Å². The molecule has 0 aromatic heterocycles. The van der Waals surface area contributed by atoms with Gasteiger partial charge in [-0.2, -0.15) is 0 Å². The lowest BCUT2D eigenvalue weighted by molar-refractivity contribution is -0.118. The minimum Gasteiger partial charge on any atom is -0.504 e. The highest BCUT2D eigenvalue weighted by molar-refractivity contribution is 6.10. The number of ether oxygens (including phenoxy) is 1. The van der Waals surface area contributed by atoms with Gasteiger partial charge in [-0.1, -0.05) is 50.2 Å². The Morgan fingerprint density at radius 2 is 1.74 bits per heavy atom. The number of allylic oxidation sites excluding steroid dienone is 1. The zero-order valence-corrected chi connectivity index (χ0v) is 20.0. The van der Waals surface area contributed by atoms with Crippen LogP contribution in [0.25, 0.3) is 0 Å². The molecule has 2 aliphatic rings. The summed E-state index contributed by atoms with van der Waals surface area (Å²) in [5.74, 6) is 0.393. The minimum absolute atomic E-state index is 0.0396. The molecule has 3 N–H and O–H groups in total. The maximum atomic E-state index is 13.4. The average Bonchev–Trinajstić information content (AvgIpc) is 2.99. The molecule has 0 saturated carbocycles. The highest BCUT2D eigenvalue weighted by Crippen LogP contribution is 2.46. The molecule has 1 heterocycles. The lowest BCUT2D eigenvalue weighted by Gasteiger charge is -2.34. The molecule has 6 heteroatoms. The van der Waals surface area contributed by atoms with Gasteiger partial charge in [0.15, 0.2) is 23.1 Å². The summed E-state index contributed by atoms with van der Waals surface area (Å²) in [7, 11) is 1.50. The van der Waals surface area contributed by atoms with Gasteiger partial charge in [-0.3, -0.25) is 9.59 Å². The van der Waals surface area contributed by atoms with Gasteiger partial charge in [-0.15, -0.1) is 0 Å². The van der Waals surface area contributed by atoms with Crippen LogP contribution in [0.4, 0.5) is 11.4 Å². The summed E-state index contributed by atoms with van der Waals surface area (Å²) in [6.07, 6.45) is 1.13. The monoisotopic (exact) mass is 468 g/mol. The summed E-state index contributed by atoms with van der Waals surface area (Å²) in [6.45, 7) is 4.17. The van der Waals surface area contributed by atoms with Crippen LogP contribution < -0.4 is 15.4 Å². The molecule has 0 radical (unpaired) electrons. The molecule has 1 aliphatic heterocycles. The van der Waals surface area contributed by atoms with E-state index in [0.717, 1.165) is 22.6 Å². The Hall–Kier alpha value is -4.06.